The van der Waals surface area contributed by atoms with E-state index < -0.39 is 10.0 Å². The lowest BCUT2D eigenvalue weighted by Gasteiger charge is -2.16. The van der Waals surface area contributed by atoms with Crippen molar-refractivity contribution in [2.75, 3.05) is 6.54 Å². The number of rotatable bonds is 6. The molecule has 1 aromatic heterocycles. The van der Waals surface area contributed by atoms with Crippen LogP contribution in [-0.2, 0) is 10.0 Å². The molecule has 1 heterocycles. The maximum absolute atomic E-state index is 12.5. The summed E-state index contributed by atoms with van der Waals surface area (Å²) in [6.45, 7) is 2.25. The summed E-state index contributed by atoms with van der Waals surface area (Å²) >= 11 is 1.51. The zero-order chi connectivity index (χ0) is 15.7. The van der Waals surface area contributed by atoms with E-state index in [9.17, 15) is 8.42 Å². The Bertz CT molecular complexity index is 767. The number of thiazole rings is 1. The number of nitrogens with one attached hydrogen (secondary N) is 1. The van der Waals surface area contributed by atoms with Gasteiger partial charge in [-0.15, -0.1) is 11.3 Å². The molecule has 1 saturated carbocycles. The monoisotopic (exact) mass is 337 g/mol. The maximum Gasteiger partial charge on any atom is 0.240 e. The second kappa shape index (κ2) is 6.08. The average molecular weight is 337 g/mol. The molecule has 3 rings (SSSR count). The SMILES string of the molecule is Cc1csc(-c2cccc(S(=O)(=O)NC(CN)C3CC3)c2)n1. The van der Waals surface area contributed by atoms with Crippen molar-refractivity contribution in [2.24, 2.45) is 11.7 Å². The molecule has 0 bridgehead atoms. The largest absolute Gasteiger partial charge is 0.329 e. The number of aryl methyl sites for hydroxylation is 1. The molecule has 22 heavy (non-hydrogen) atoms. The third-order valence-corrected chi connectivity index (χ3v) is 6.26. The first kappa shape index (κ1) is 15.6. The van der Waals surface area contributed by atoms with E-state index in [4.69, 9.17) is 5.73 Å². The summed E-state index contributed by atoms with van der Waals surface area (Å²) in [6, 6.07) is 6.72. The average Bonchev–Trinajstić information content (AvgIpc) is 3.26. The van der Waals surface area contributed by atoms with E-state index in [1.165, 1.54) is 11.3 Å². The Hall–Kier alpha value is -1.28. The molecule has 0 spiro atoms. The lowest BCUT2D eigenvalue weighted by Crippen LogP contribution is -2.41. The molecule has 0 radical (unpaired) electrons. The number of nitrogens with two attached hydrogens (primary N) is 1. The third-order valence-electron chi connectivity index (χ3n) is 3.76. The van der Waals surface area contributed by atoms with Crippen LogP contribution in [0, 0.1) is 12.8 Å². The van der Waals surface area contributed by atoms with Crippen LogP contribution in [0.15, 0.2) is 34.5 Å². The van der Waals surface area contributed by atoms with Gasteiger partial charge in [0, 0.05) is 29.2 Å². The van der Waals surface area contributed by atoms with Crippen molar-refractivity contribution in [2.45, 2.75) is 30.7 Å². The van der Waals surface area contributed by atoms with Crippen LogP contribution in [-0.4, -0.2) is 26.0 Å². The second-order valence-corrected chi connectivity index (χ2v) is 8.19. The van der Waals surface area contributed by atoms with Gasteiger partial charge in [-0.3, -0.25) is 0 Å². The number of hydrogen-bond donors (Lipinski definition) is 2. The topological polar surface area (TPSA) is 85.1 Å². The molecular weight excluding hydrogens is 318 g/mol. The molecule has 1 aliphatic carbocycles. The van der Waals surface area contributed by atoms with Crippen molar-refractivity contribution in [3.63, 3.8) is 0 Å². The van der Waals surface area contributed by atoms with Gasteiger partial charge in [0.05, 0.1) is 4.90 Å². The van der Waals surface area contributed by atoms with E-state index in [1.54, 1.807) is 18.2 Å². The first-order chi connectivity index (χ1) is 10.5. The molecule has 118 valence electrons. The Kier molecular flexibility index (Phi) is 4.31. The van der Waals surface area contributed by atoms with Crippen LogP contribution in [0.5, 0.6) is 0 Å². The summed E-state index contributed by atoms with van der Waals surface area (Å²) in [5, 5.41) is 2.78. The lowest BCUT2D eigenvalue weighted by atomic mass is 10.2. The molecule has 1 aromatic carbocycles. The van der Waals surface area contributed by atoms with Gasteiger partial charge in [-0.25, -0.2) is 18.1 Å². The number of hydrogen-bond acceptors (Lipinski definition) is 5. The normalized spacial score (nSPS) is 16.6. The third kappa shape index (κ3) is 3.38. The Morgan fingerprint density at radius 1 is 1.45 bits per heavy atom. The highest BCUT2D eigenvalue weighted by Gasteiger charge is 2.33. The summed E-state index contributed by atoms with van der Waals surface area (Å²) < 4.78 is 27.8. The Morgan fingerprint density at radius 2 is 2.23 bits per heavy atom. The zero-order valence-electron chi connectivity index (χ0n) is 12.3. The second-order valence-electron chi connectivity index (χ2n) is 5.62. The summed E-state index contributed by atoms with van der Waals surface area (Å²) in [7, 11) is -3.55. The van der Waals surface area contributed by atoms with Crippen LogP contribution >= 0.6 is 11.3 Å². The van der Waals surface area contributed by atoms with Crippen molar-refractivity contribution in [1.29, 1.82) is 0 Å². The van der Waals surface area contributed by atoms with Gasteiger partial charge in [0.15, 0.2) is 0 Å². The molecule has 5 nitrogen and oxygen atoms in total. The first-order valence-electron chi connectivity index (χ1n) is 7.24. The Labute approximate surface area is 134 Å². The number of sulfonamides is 1. The molecule has 1 aliphatic rings. The van der Waals surface area contributed by atoms with Gasteiger partial charge in [-0.2, -0.15) is 0 Å². The molecule has 1 fully saturated rings. The quantitative estimate of drug-likeness (QED) is 0.845. The van der Waals surface area contributed by atoms with E-state index in [2.05, 4.69) is 9.71 Å². The predicted molar refractivity (Wildman–Crippen MR) is 88.2 cm³/mol. The van der Waals surface area contributed by atoms with Gasteiger partial charge >= 0.3 is 0 Å². The summed E-state index contributed by atoms with van der Waals surface area (Å²) in [5.41, 5.74) is 7.44. The molecule has 1 atom stereocenters. The fourth-order valence-corrected chi connectivity index (χ4v) is 4.54. The van der Waals surface area contributed by atoms with Gasteiger partial charge in [-0.05, 0) is 37.8 Å². The molecule has 1 unspecified atom stereocenters. The fraction of sp³-hybridized carbons (Fsp3) is 0.400. The Morgan fingerprint density at radius 3 is 2.82 bits per heavy atom. The molecule has 2 aromatic rings. The van der Waals surface area contributed by atoms with Crippen LogP contribution in [0.4, 0.5) is 0 Å². The molecule has 0 amide bonds. The van der Waals surface area contributed by atoms with E-state index in [1.807, 2.05) is 18.4 Å². The van der Waals surface area contributed by atoms with Crippen LogP contribution in [0.1, 0.15) is 18.5 Å². The van der Waals surface area contributed by atoms with Crippen molar-refractivity contribution in [1.82, 2.24) is 9.71 Å². The minimum absolute atomic E-state index is 0.171. The highest BCUT2D eigenvalue weighted by molar-refractivity contribution is 7.89. The van der Waals surface area contributed by atoms with Crippen molar-refractivity contribution >= 4 is 21.4 Å². The van der Waals surface area contributed by atoms with Crippen molar-refractivity contribution in [3.05, 3.63) is 35.3 Å². The van der Waals surface area contributed by atoms with Crippen LogP contribution < -0.4 is 10.5 Å². The van der Waals surface area contributed by atoms with Crippen LogP contribution in [0.25, 0.3) is 10.6 Å². The van der Waals surface area contributed by atoms with Crippen LogP contribution in [0.3, 0.4) is 0 Å². The standard InChI is InChI=1S/C15H19N3O2S2/c1-10-9-21-15(17-10)12-3-2-4-13(7-12)22(19,20)18-14(8-16)11-5-6-11/h2-4,7,9,11,14,18H,5-6,8,16H2,1H3. The molecule has 0 aliphatic heterocycles. The van der Waals surface area contributed by atoms with Gasteiger partial charge < -0.3 is 5.73 Å². The van der Waals surface area contributed by atoms with Crippen molar-refractivity contribution < 1.29 is 8.42 Å². The van der Waals surface area contributed by atoms with Gasteiger partial charge in [-0.1, -0.05) is 12.1 Å². The number of aromatic nitrogens is 1. The predicted octanol–water partition coefficient (Wildman–Crippen LogP) is 2.13. The van der Waals surface area contributed by atoms with Gasteiger partial charge in [0.2, 0.25) is 10.0 Å². The van der Waals surface area contributed by atoms with E-state index in [0.717, 1.165) is 29.1 Å². The lowest BCUT2D eigenvalue weighted by molar-refractivity contribution is 0.519. The van der Waals surface area contributed by atoms with Crippen LogP contribution in [0.2, 0.25) is 0 Å². The highest BCUT2D eigenvalue weighted by atomic mass is 32.2. The molecule has 0 saturated heterocycles. The minimum Gasteiger partial charge on any atom is -0.329 e. The number of benzene rings is 1. The number of nitrogens with zero attached hydrogens (tertiary/aromatic N) is 1. The fourth-order valence-electron chi connectivity index (χ4n) is 2.39. The van der Waals surface area contributed by atoms with Gasteiger partial charge in [0.1, 0.15) is 5.01 Å². The van der Waals surface area contributed by atoms with Gasteiger partial charge in [0.25, 0.3) is 0 Å². The summed E-state index contributed by atoms with van der Waals surface area (Å²) in [5.74, 6) is 0.379. The summed E-state index contributed by atoms with van der Waals surface area (Å²) in [4.78, 5) is 4.66. The molecule has 7 heteroatoms. The van der Waals surface area contributed by atoms with Crippen molar-refractivity contribution in [3.8, 4) is 10.6 Å². The summed E-state index contributed by atoms with van der Waals surface area (Å²) in [6.07, 6.45) is 2.09. The maximum atomic E-state index is 12.5. The van der Waals surface area contributed by atoms with E-state index in [-0.39, 0.29) is 10.9 Å². The minimum atomic E-state index is -3.55. The van der Waals surface area contributed by atoms with E-state index >= 15 is 0 Å². The zero-order valence-corrected chi connectivity index (χ0v) is 14.0. The molecule has 3 N–H and O–H groups in total. The Balaban J connectivity index is 1.87. The highest BCUT2D eigenvalue weighted by Crippen LogP contribution is 2.33. The first-order valence-corrected chi connectivity index (χ1v) is 9.61. The molecular formula is C15H19N3O2S2. The van der Waals surface area contributed by atoms with E-state index in [0.29, 0.717) is 12.5 Å². The smallest absolute Gasteiger partial charge is 0.240 e.